The Labute approximate surface area is 41.6 Å². The Bertz CT molecular complexity index is 120. The quantitative estimate of drug-likeness (QED) is 0.420. The van der Waals surface area contributed by atoms with E-state index in [1.807, 2.05) is 0 Å². The van der Waals surface area contributed by atoms with E-state index in [0.717, 1.165) is 0 Å². The molecule has 0 saturated carbocycles. The van der Waals surface area contributed by atoms with Crippen molar-refractivity contribution in [1.29, 1.82) is 0 Å². The Morgan fingerprint density at radius 3 is 1.57 bits per heavy atom. The summed E-state index contributed by atoms with van der Waals surface area (Å²) in [5.41, 5.74) is 0. The zero-order valence-electron chi connectivity index (χ0n) is 3.11. The van der Waals surface area contributed by atoms with Gasteiger partial charge in [0.15, 0.2) is 0 Å². The van der Waals surface area contributed by atoms with Crippen LogP contribution in [0.3, 0.4) is 0 Å². The van der Waals surface area contributed by atoms with E-state index in [4.69, 9.17) is 13.3 Å². The fraction of sp³-hybridized carbons (Fsp3) is 0. The van der Waals surface area contributed by atoms with Crippen molar-refractivity contribution in [2.24, 2.45) is 0 Å². The first-order valence-corrected chi connectivity index (χ1v) is 4.62. The molecule has 0 aromatic rings. The van der Waals surface area contributed by atoms with Gasteiger partial charge in [-0.3, -0.25) is 0 Å². The van der Waals surface area contributed by atoms with Gasteiger partial charge in [0.2, 0.25) is 0 Å². The van der Waals surface area contributed by atoms with Crippen molar-refractivity contribution in [3.63, 3.8) is 0 Å². The van der Waals surface area contributed by atoms with Crippen LogP contribution in [-0.4, -0.2) is 32.2 Å². The van der Waals surface area contributed by atoms with Crippen LogP contribution in [0.5, 0.6) is 0 Å². The number of carboxylic acid groups (broad SMARTS) is 1. The molecular weight excluding hydrogens is 167 g/mol. The second kappa shape index (κ2) is 1.69. The fourth-order valence-electron chi connectivity index (χ4n) is 0. The molecule has 0 spiro atoms. The fourth-order valence-corrected chi connectivity index (χ4v) is 0. The topological polar surface area (TPSA) is 94.8 Å². The van der Waals surface area contributed by atoms with Gasteiger partial charge in [-0.05, 0) is 0 Å². The van der Waals surface area contributed by atoms with Gasteiger partial charge in [-0.15, -0.1) is 0 Å². The molecule has 0 bridgehead atoms. The van der Waals surface area contributed by atoms with E-state index in [9.17, 15) is 8.53 Å². The van der Waals surface area contributed by atoms with Gasteiger partial charge in [0.1, 0.15) is 0 Å². The summed E-state index contributed by atoms with van der Waals surface area (Å²) >= 11 is -5.36. The standard InChI is InChI=1S/CH3AsO5/c3-1(4)2(5,6)7/h(H,3,4)(H2,5,6,7). The average Bonchev–Trinajstić information content (AvgIpc) is 1.31. The summed E-state index contributed by atoms with van der Waals surface area (Å²) in [6.07, 6.45) is 0. The van der Waals surface area contributed by atoms with Crippen LogP contribution in [0.4, 0.5) is 4.79 Å². The molecule has 0 saturated heterocycles. The van der Waals surface area contributed by atoms with Crippen molar-refractivity contribution >= 4 is 18.9 Å². The normalized spacial score (nSPS) is 11.1. The minimum absolute atomic E-state index is 2.03. The molecule has 0 aromatic carbocycles. The Balaban J connectivity index is 4.09. The summed E-state index contributed by atoms with van der Waals surface area (Å²) in [5, 5.41) is 7.51. The molecule has 0 aliphatic carbocycles. The van der Waals surface area contributed by atoms with Crippen LogP contribution in [-0.2, 0) is 3.74 Å². The van der Waals surface area contributed by atoms with Crippen LogP contribution in [0.1, 0.15) is 0 Å². The molecule has 0 aliphatic heterocycles. The number of hydrogen-bond donors (Lipinski definition) is 3. The molecule has 0 unspecified atom stereocenters. The van der Waals surface area contributed by atoms with E-state index in [1.54, 1.807) is 0 Å². The summed E-state index contributed by atoms with van der Waals surface area (Å²) < 4.78 is 22.8. The molecule has 0 fully saturated rings. The predicted molar refractivity (Wildman–Crippen MR) is 18.9 cm³/mol. The molecule has 0 amide bonds. The van der Waals surface area contributed by atoms with E-state index >= 15 is 0 Å². The Morgan fingerprint density at radius 2 is 1.57 bits per heavy atom. The first-order valence-electron chi connectivity index (χ1n) is 1.23. The number of hydrogen-bond acceptors (Lipinski definition) is 2. The molecule has 6 heteroatoms. The van der Waals surface area contributed by atoms with Crippen LogP contribution in [0.15, 0.2) is 0 Å². The van der Waals surface area contributed by atoms with Crippen molar-refractivity contribution in [1.82, 2.24) is 0 Å². The molecule has 0 aromatic heterocycles. The van der Waals surface area contributed by atoms with Crippen molar-refractivity contribution in [3.05, 3.63) is 0 Å². The molecule has 0 radical (unpaired) electrons. The molecule has 0 rings (SSSR count). The van der Waals surface area contributed by atoms with Crippen LogP contribution in [0, 0.1) is 0 Å². The third-order valence-electron chi connectivity index (χ3n) is 0.249. The molecule has 7 heavy (non-hydrogen) atoms. The molecule has 42 valence electrons. The van der Waals surface area contributed by atoms with Crippen LogP contribution in [0.25, 0.3) is 0 Å². The average molecular weight is 170 g/mol. The monoisotopic (exact) mass is 170 g/mol. The van der Waals surface area contributed by atoms with E-state index in [1.165, 1.54) is 0 Å². The summed E-state index contributed by atoms with van der Waals surface area (Å²) in [5.74, 6) is 0. The molecule has 5 nitrogen and oxygen atoms in total. The summed E-state index contributed by atoms with van der Waals surface area (Å²) in [4.78, 5) is 9.28. The van der Waals surface area contributed by atoms with E-state index < -0.39 is 18.9 Å². The molecule has 0 atom stereocenters. The minimum atomic E-state index is -5.36. The predicted octanol–water partition coefficient (Wildman–Crippen LogP) is -1.40. The SMILES string of the molecule is O=C(O)[As](=O)(O)O. The molecular formula is CH3AsO5. The van der Waals surface area contributed by atoms with Gasteiger partial charge in [-0.2, -0.15) is 0 Å². The summed E-state index contributed by atoms with van der Waals surface area (Å²) in [6, 6.07) is 0. The van der Waals surface area contributed by atoms with E-state index in [-0.39, 0.29) is 0 Å². The van der Waals surface area contributed by atoms with Gasteiger partial charge in [0.05, 0.1) is 0 Å². The second-order valence-electron chi connectivity index (χ2n) is 0.827. The van der Waals surface area contributed by atoms with E-state index in [2.05, 4.69) is 0 Å². The Kier molecular flexibility index (Phi) is 1.63. The molecule has 0 heterocycles. The zero-order valence-corrected chi connectivity index (χ0v) is 4.98. The van der Waals surface area contributed by atoms with Gasteiger partial charge < -0.3 is 0 Å². The zero-order chi connectivity index (χ0) is 6.08. The van der Waals surface area contributed by atoms with Gasteiger partial charge >= 0.3 is 40.8 Å². The van der Waals surface area contributed by atoms with Crippen molar-refractivity contribution < 1.29 is 21.8 Å². The van der Waals surface area contributed by atoms with Crippen LogP contribution >= 0.6 is 0 Å². The van der Waals surface area contributed by atoms with E-state index in [0.29, 0.717) is 0 Å². The number of rotatable bonds is 1. The third kappa shape index (κ3) is 2.44. The second-order valence-corrected chi connectivity index (χ2v) is 3.91. The first-order chi connectivity index (χ1) is 2.94. The van der Waals surface area contributed by atoms with Crippen LogP contribution < -0.4 is 0 Å². The summed E-state index contributed by atoms with van der Waals surface area (Å²) in [6.45, 7) is 0. The van der Waals surface area contributed by atoms with Gasteiger partial charge in [-0.1, -0.05) is 0 Å². The van der Waals surface area contributed by atoms with Crippen molar-refractivity contribution in [3.8, 4) is 0 Å². The van der Waals surface area contributed by atoms with Gasteiger partial charge in [-0.25, -0.2) is 0 Å². The van der Waals surface area contributed by atoms with Crippen molar-refractivity contribution in [2.45, 2.75) is 0 Å². The summed E-state index contributed by atoms with van der Waals surface area (Å²) in [7, 11) is 0. The van der Waals surface area contributed by atoms with Gasteiger partial charge in [0.25, 0.3) is 0 Å². The maximum atomic E-state index is 9.49. The number of carbonyl (C=O) groups is 1. The first kappa shape index (κ1) is 6.75. The Hall–Kier alpha value is -0.252. The maximum absolute atomic E-state index is 9.49. The Morgan fingerprint density at radius 1 is 1.43 bits per heavy atom. The molecule has 0 aliphatic rings. The third-order valence-corrected chi connectivity index (χ3v) is 1.29. The van der Waals surface area contributed by atoms with Crippen molar-refractivity contribution in [2.75, 3.05) is 0 Å². The van der Waals surface area contributed by atoms with Crippen LogP contribution in [0.2, 0.25) is 0 Å². The molecule has 3 N–H and O–H groups in total. The van der Waals surface area contributed by atoms with Gasteiger partial charge in [0, 0.05) is 0 Å².